The van der Waals surface area contributed by atoms with Crippen LogP contribution in [-0.2, 0) is 0 Å². The number of carbonyl (C=O) groups excluding carboxylic acids is 1. The zero-order valence-electron chi connectivity index (χ0n) is 17.5. The van der Waals surface area contributed by atoms with E-state index in [1.165, 1.54) is 16.9 Å². The average molecular weight is 482 g/mol. The number of hydrazone groups is 1. The van der Waals surface area contributed by atoms with E-state index >= 15 is 0 Å². The van der Waals surface area contributed by atoms with Gasteiger partial charge in [0.2, 0.25) is 0 Å². The van der Waals surface area contributed by atoms with Gasteiger partial charge in [0.1, 0.15) is 4.88 Å². The first kappa shape index (κ1) is 21.4. The average Bonchev–Trinajstić information content (AvgIpc) is 3.40. The molecule has 1 saturated carbocycles. The van der Waals surface area contributed by atoms with E-state index in [4.69, 9.17) is 28.3 Å². The number of rotatable bonds is 3. The SMILES string of the molecule is Cc1ncsc1C(=O)N1N=C2/C(=C/c3ccc(Cl)cc3)CCC[C@H]2[C@@H]1c1ccc(Cl)cc1. The summed E-state index contributed by atoms with van der Waals surface area (Å²) in [4.78, 5) is 18.5. The van der Waals surface area contributed by atoms with E-state index in [-0.39, 0.29) is 17.9 Å². The van der Waals surface area contributed by atoms with Crippen LogP contribution in [-0.4, -0.2) is 21.6 Å². The maximum Gasteiger partial charge on any atom is 0.286 e. The van der Waals surface area contributed by atoms with Crippen molar-refractivity contribution in [1.29, 1.82) is 0 Å². The van der Waals surface area contributed by atoms with Gasteiger partial charge >= 0.3 is 0 Å². The fourth-order valence-corrected chi connectivity index (χ4v) is 5.52. The van der Waals surface area contributed by atoms with Gasteiger partial charge in [-0.15, -0.1) is 11.3 Å². The minimum absolute atomic E-state index is 0.0994. The molecule has 0 saturated heterocycles. The van der Waals surface area contributed by atoms with Gasteiger partial charge in [-0.3, -0.25) is 4.79 Å². The number of carbonyl (C=O) groups is 1. The first-order valence-corrected chi connectivity index (χ1v) is 12.2. The number of aryl methyl sites for hydroxylation is 1. The van der Waals surface area contributed by atoms with Crippen molar-refractivity contribution in [1.82, 2.24) is 9.99 Å². The highest BCUT2D eigenvalue weighted by molar-refractivity contribution is 7.11. The number of hydrogen-bond donors (Lipinski definition) is 0. The molecule has 0 radical (unpaired) electrons. The summed E-state index contributed by atoms with van der Waals surface area (Å²) in [6.07, 6.45) is 5.14. The molecule has 1 aliphatic carbocycles. The molecule has 2 atom stereocenters. The molecule has 2 aromatic carbocycles. The molecule has 3 aromatic rings. The molecule has 0 unspecified atom stereocenters. The van der Waals surface area contributed by atoms with Gasteiger partial charge in [0.05, 0.1) is 23.0 Å². The number of thiazole rings is 1. The molecule has 7 heteroatoms. The summed E-state index contributed by atoms with van der Waals surface area (Å²) in [5.41, 5.74) is 6.75. The molecular formula is C25H21Cl2N3OS. The standard InChI is InChI=1S/C25H21Cl2N3OS/c1-15-24(32-14-28-15)25(31)30-23(17-7-11-20(27)12-8-17)21-4-2-3-18(22(21)29-30)13-16-5-9-19(26)10-6-16/h5-14,21,23H,2-4H2,1H3/b18-13+/t21-,23+/m1/s1. The highest BCUT2D eigenvalue weighted by Crippen LogP contribution is 2.45. The van der Waals surface area contributed by atoms with Crippen LogP contribution in [0.3, 0.4) is 0 Å². The topological polar surface area (TPSA) is 45.6 Å². The quantitative estimate of drug-likeness (QED) is 0.397. The largest absolute Gasteiger partial charge is 0.286 e. The predicted molar refractivity (Wildman–Crippen MR) is 131 cm³/mol. The van der Waals surface area contributed by atoms with Crippen LogP contribution in [0.2, 0.25) is 10.0 Å². The number of fused-ring (bicyclic) bond motifs is 1. The zero-order chi connectivity index (χ0) is 22.2. The van der Waals surface area contributed by atoms with E-state index in [1.807, 2.05) is 55.5 Å². The van der Waals surface area contributed by atoms with E-state index in [2.05, 4.69) is 11.1 Å². The van der Waals surface area contributed by atoms with Gasteiger partial charge in [0.15, 0.2) is 0 Å². The van der Waals surface area contributed by atoms with Gasteiger partial charge < -0.3 is 0 Å². The fourth-order valence-electron chi connectivity index (χ4n) is 4.53. The highest BCUT2D eigenvalue weighted by atomic mass is 35.5. The van der Waals surface area contributed by atoms with Gasteiger partial charge in [0, 0.05) is 16.0 Å². The van der Waals surface area contributed by atoms with Crippen LogP contribution in [0, 0.1) is 12.8 Å². The van der Waals surface area contributed by atoms with Crippen molar-refractivity contribution in [2.24, 2.45) is 11.0 Å². The minimum atomic E-state index is -0.162. The Bertz CT molecular complexity index is 1210. The maximum atomic E-state index is 13.6. The first-order valence-electron chi connectivity index (χ1n) is 10.6. The molecule has 0 bridgehead atoms. The van der Waals surface area contributed by atoms with Crippen LogP contribution >= 0.6 is 34.5 Å². The number of allylic oxidation sites excluding steroid dienone is 1. The summed E-state index contributed by atoms with van der Waals surface area (Å²) >= 11 is 13.6. The Labute approximate surface area is 201 Å². The number of benzene rings is 2. The summed E-state index contributed by atoms with van der Waals surface area (Å²) in [7, 11) is 0. The summed E-state index contributed by atoms with van der Waals surface area (Å²) in [6.45, 7) is 1.86. The molecule has 32 heavy (non-hydrogen) atoms. The van der Waals surface area contributed by atoms with Crippen molar-refractivity contribution in [3.8, 4) is 0 Å². The Morgan fingerprint density at radius 2 is 1.78 bits per heavy atom. The summed E-state index contributed by atoms with van der Waals surface area (Å²) in [6, 6.07) is 15.4. The van der Waals surface area contributed by atoms with Gasteiger partial charge in [-0.05, 0) is 73.2 Å². The third-order valence-electron chi connectivity index (χ3n) is 6.07. The van der Waals surface area contributed by atoms with Crippen molar-refractivity contribution in [2.45, 2.75) is 32.2 Å². The molecule has 4 nitrogen and oxygen atoms in total. The monoisotopic (exact) mass is 481 g/mol. The van der Waals surface area contributed by atoms with Gasteiger partial charge in [0.25, 0.3) is 5.91 Å². The molecule has 162 valence electrons. The molecule has 1 amide bonds. The summed E-state index contributed by atoms with van der Waals surface area (Å²) in [5.74, 6) is 0.0401. The van der Waals surface area contributed by atoms with Crippen molar-refractivity contribution in [3.05, 3.63) is 91.4 Å². The van der Waals surface area contributed by atoms with E-state index < -0.39 is 0 Å². The number of halogens is 2. The summed E-state index contributed by atoms with van der Waals surface area (Å²) in [5, 5.41) is 8.00. The Balaban J connectivity index is 1.58. The second kappa shape index (κ2) is 8.81. The van der Waals surface area contributed by atoms with Crippen molar-refractivity contribution >= 4 is 52.2 Å². The molecule has 2 aliphatic rings. The van der Waals surface area contributed by atoms with Crippen LogP contribution in [0.1, 0.15) is 51.8 Å². The van der Waals surface area contributed by atoms with Crippen LogP contribution in [0.5, 0.6) is 0 Å². The second-order valence-electron chi connectivity index (χ2n) is 8.12. The third kappa shape index (κ3) is 4.01. The number of nitrogens with zero attached hydrogens (tertiary/aromatic N) is 3. The van der Waals surface area contributed by atoms with E-state index in [1.54, 1.807) is 10.5 Å². The van der Waals surface area contributed by atoms with E-state index in [9.17, 15) is 4.79 Å². The Hall–Kier alpha value is -2.47. The number of amides is 1. The van der Waals surface area contributed by atoms with E-state index in [0.29, 0.717) is 14.9 Å². The van der Waals surface area contributed by atoms with Crippen molar-refractivity contribution < 1.29 is 4.79 Å². The first-order chi connectivity index (χ1) is 15.5. The van der Waals surface area contributed by atoms with Gasteiger partial charge in [-0.1, -0.05) is 47.5 Å². The van der Waals surface area contributed by atoms with Crippen LogP contribution < -0.4 is 0 Å². The molecule has 0 spiro atoms. The molecule has 5 rings (SSSR count). The zero-order valence-corrected chi connectivity index (χ0v) is 19.8. The molecular weight excluding hydrogens is 461 g/mol. The van der Waals surface area contributed by atoms with Crippen molar-refractivity contribution in [2.75, 3.05) is 0 Å². The van der Waals surface area contributed by atoms with Gasteiger partial charge in [-0.25, -0.2) is 9.99 Å². The second-order valence-corrected chi connectivity index (χ2v) is 9.85. The lowest BCUT2D eigenvalue weighted by molar-refractivity contribution is 0.0685. The Kier molecular flexibility index (Phi) is 5.89. The molecule has 1 aromatic heterocycles. The van der Waals surface area contributed by atoms with Crippen LogP contribution in [0.25, 0.3) is 6.08 Å². The van der Waals surface area contributed by atoms with Crippen LogP contribution in [0.4, 0.5) is 0 Å². The molecule has 1 aliphatic heterocycles. The lowest BCUT2D eigenvalue weighted by Crippen LogP contribution is -2.31. The number of hydrogen-bond acceptors (Lipinski definition) is 4. The third-order valence-corrected chi connectivity index (χ3v) is 7.49. The van der Waals surface area contributed by atoms with E-state index in [0.717, 1.165) is 41.8 Å². The minimum Gasteiger partial charge on any atom is -0.266 e. The lowest BCUT2D eigenvalue weighted by atomic mass is 9.77. The van der Waals surface area contributed by atoms with Gasteiger partial charge in [-0.2, -0.15) is 5.10 Å². The Morgan fingerprint density at radius 1 is 1.09 bits per heavy atom. The molecule has 0 N–H and O–H groups in total. The normalized spacial score (nSPS) is 21.5. The smallest absolute Gasteiger partial charge is 0.266 e. The summed E-state index contributed by atoms with van der Waals surface area (Å²) < 4.78 is 0. The van der Waals surface area contributed by atoms with Crippen molar-refractivity contribution in [3.63, 3.8) is 0 Å². The fraction of sp³-hybridized carbons (Fsp3) is 0.240. The van der Waals surface area contributed by atoms with Crippen LogP contribution in [0.15, 0.2) is 64.7 Å². The maximum absolute atomic E-state index is 13.6. The number of aromatic nitrogens is 1. The predicted octanol–water partition coefficient (Wildman–Crippen LogP) is 7.20. The molecule has 1 fully saturated rings. The Morgan fingerprint density at radius 3 is 2.44 bits per heavy atom. The highest BCUT2D eigenvalue weighted by Gasteiger charge is 2.44. The molecule has 2 heterocycles. The lowest BCUT2D eigenvalue weighted by Gasteiger charge is -2.29.